The summed E-state index contributed by atoms with van der Waals surface area (Å²) < 4.78 is 14.4. The fourth-order valence-electron chi connectivity index (χ4n) is 2.72. The molecule has 1 N–H and O–H groups in total. The Morgan fingerprint density at radius 1 is 1.50 bits per heavy atom. The van der Waals surface area contributed by atoms with Crippen LogP contribution in [0.3, 0.4) is 0 Å². The number of nitrogens with zero attached hydrogens (tertiary/aromatic N) is 2. The van der Waals surface area contributed by atoms with Gasteiger partial charge in [-0.15, -0.1) is 0 Å². The standard InChI is InChI=1S/C14H22FN3/c1-10-5-7-18(11(2)8-10)14-13(15)12(9-16-3)4-6-17-14/h4,6,10-11,16H,5,7-9H2,1-3H3. The Hall–Kier alpha value is -1.16. The summed E-state index contributed by atoms with van der Waals surface area (Å²) >= 11 is 0. The van der Waals surface area contributed by atoms with E-state index in [-0.39, 0.29) is 5.82 Å². The first-order valence-electron chi connectivity index (χ1n) is 6.68. The highest BCUT2D eigenvalue weighted by molar-refractivity contribution is 5.44. The Kier molecular flexibility index (Phi) is 4.17. The average Bonchev–Trinajstić information content (AvgIpc) is 2.33. The van der Waals surface area contributed by atoms with Gasteiger partial charge in [-0.2, -0.15) is 0 Å². The summed E-state index contributed by atoms with van der Waals surface area (Å²) in [4.78, 5) is 6.35. The number of pyridine rings is 1. The first kappa shape index (κ1) is 13.3. The molecule has 0 bridgehead atoms. The molecule has 0 amide bonds. The Morgan fingerprint density at radius 3 is 2.94 bits per heavy atom. The largest absolute Gasteiger partial charge is 0.351 e. The van der Waals surface area contributed by atoms with Crippen LogP contribution in [0.15, 0.2) is 12.3 Å². The van der Waals surface area contributed by atoms with Crippen molar-refractivity contribution in [1.29, 1.82) is 0 Å². The molecule has 3 nitrogen and oxygen atoms in total. The van der Waals surface area contributed by atoms with Crippen molar-refractivity contribution in [3.8, 4) is 0 Å². The van der Waals surface area contributed by atoms with Crippen molar-refractivity contribution in [2.24, 2.45) is 5.92 Å². The van der Waals surface area contributed by atoms with Crippen LogP contribution in [0, 0.1) is 11.7 Å². The van der Waals surface area contributed by atoms with Gasteiger partial charge < -0.3 is 10.2 Å². The van der Waals surface area contributed by atoms with Crippen molar-refractivity contribution < 1.29 is 4.39 Å². The van der Waals surface area contributed by atoms with Crippen LogP contribution >= 0.6 is 0 Å². The number of hydrogen-bond donors (Lipinski definition) is 1. The van der Waals surface area contributed by atoms with Gasteiger partial charge in [0.15, 0.2) is 11.6 Å². The third kappa shape index (κ3) is 2.64. The number of nitrogens with one attached hydrogen (secondary N) is 1. The minimum absolute atomic E-state index is 0.173. The van der Waals surface area contributed by atoms with E-state index in [9.17, 15) is 4.39 Å². The van der Waals surface area contributed by atoms with Gasteiger partial charge in [-0.25, -0.2) is 9.37 Å². The first-order chi connectivity index (χ1) is 8.63. The summed E-state index contributed by atoms with van der Waals surface area (Å²) in [6, 6.07) is 2.10. The van der Waals surface area contributed by atoms with Gasteiger partial charge in [0.25, 0.3) is 0 Å². The monoisotopic (exact) mass is 251 g/mol. The molecule has 2 atom stereocenters. The normalized spacial score (nSPS) is 24.3. The quantitative estimate of drug-likeness (QED) is 0.895. The molecule has 0 aliphatic carbocycles. The Labute approximate surface area is 108 Å². The summed E-state index contributed by atoms with van der Waals surface area (Å²) in [5.74, 6) is 1.07. The summed E-state index contributed by atoms with van der Waals surface area (Å²) in [7, 11) is 1.82. The lowest BCUT2D eigenvalue weighted by Crippen LogP contribution is -2.41. The molecular formula is C14H22FN3. The third-order valence-corrected chi connectivity index (χ3v) is 3.73. The van der Waals surface area contributed by atoms with E-state index >= 15 is 0 Å². The van der Waals surface area contributed by atoms with Crippen molar-refractivity contribution >= 4 is 5.82 Å². The second-order valence-electron chi connectivity index (χ2n) is 5.31. The van der Waals surface area contributed by atoms with Crippen molar-refractivity contribution in [3.63, 3.8) is 0 Å². The molecule has 1 aliphatic heterocycles. The molecule has 1 aromatic rings. The van der Waals surface area contributed by atoms with E-state index in [4.69, 9.17) is 0 Å². The van der Waals surface area contributed by atoms with Gasteiger partial charge in [0.05, 0.1) is 0 Å². The van der Waals surface area contributed by atoms with Crippen molar-refractivity contribution in [2.45, 2.75) is 39.3 Å². The Morgan fingerprint density at radius 2 is 2.28 bits per heavy atom. The molecular weight excluding hydrogens is 229 g/mol. The van der Waals surface area contributed by atoms with Gasteiger partial charge in [0.1, 0.15) is 0 Å². The van der Waals surface area contributed by atoms with Crippen LogP contribution in [-0.2, 0) is 6.54 Å². The number of hydrogen-bond acceptors (Lipinski definition) is 3. The molecule has 1 aromatic heterocycles. The maximum absolute atomic E-state index is 14.4. The van der Waals surface area contributed by atoms with Gasteiger partial charge in [0.2, 0.25) is 0 Å². The van der Waals surface area contributed by atoms with Crippen molar-refractivity contribution in [1.82, 2.24) is 10.3 Å². The van der Waals surface area contributed by atoms with E-state index < -0.39 is 0 Å². The van der Waals surface area contributed by atoms with Gasteiger partial charge in [-0.1, -0.05) is 6.92 Å². The molecule has 0 radical (unpaired) electrons. The highest BCUT2D eigenvalue weighted by Crippen LogP contribution is 2.29. The smallest absolute Gasteiger partial charge is 0.170 e. The lowest BCUT2D eigenvalue weighted by atomic mass is 9.93. The van der Waals surface area contributed by atoms with E-state index in [0.717, 1.165) is 25.3 Å². The molecule has 0 aromatic carbocycles. The Balaban J connectivity index is 2.25. The molecule has 0 spiro atoms. The van der Waals surface area contributed by atoms with Gasteiger partial charge in [0, 0.05) is 30.9 Å². The fraction of sp³-hybridized carbons (Fsp3) is 0.643. The summed E-state index contributed by atoms with van der Waals surface area (Å²) in [6.07, 6.45) is 3.93. The molecule has 1 saturated heterocycles. The molecule has 0 saturated carbocycles. The van der Waals surface area contributed by atoms with E-state index in [1.165, 1.54) is 0 Å². The maximum Gasteiger partial charge on any atom is 0.170 e. The van der Waals surface area contributed by atoms with E-state index in [0.29, 0.717) is 24.0 Å². The zero-order valence-corrected chi connectivity index (χ0v) is 11.4. The number of anilines is 1. The second-order valence-corrected chi connectivity index (χ2v) is 5.31. The molecule has 100 valence electrons. The Bertz CT molecular complexity index is 408. The first-order valence-corrected chi connectivity index (χ1v) is 6.68. The summed E-state index contributed by atoms with van der Waals surface area (Å²) in [5.41, 5.74) is 0.688. The van der Waals surface area contributed by atoms with Crippen molar-refractivity contribution in [2.75, 3.05) is 18.5 Å². The minimum atomic E-state index is -0.173. The predicted octanol–water partition coefficient (Wildman–Crippen LogP) is 2.56. The topological polar surface area (TPSA) is 28.2 Å². The van der Waals surface area contributed by atoms with Gasteiger partial charge in [-0.3, -0.25) is 0 Å². The number of piperidine rings is 1. The van der Waals surface area contributed by atoms with Gasteiger partial charge >= 0.3 is 0 Å². The van der Waals surface area contributed by atoms with E-state index in [1.807, 2.05) is 7.05 Å². The molecule has 1 fully saturated rings. The molecule has 4 heteroatoms. The lowest BCUT2D eigenvalue weighted by Gasteiger charge is -2.37. The average molecular weight is 251 g/mol. The fourth-order valence-corrected chi connectivity index (χ4v) is 2.72. The molecule has 2 unspecified atom stereocenters. The molecule has 1 aliphatic rings. The summed E-state index contributed by atoms with van der Waals surface area (Å²) in [6.45, 7) is 5.85. The van der Waals surface area contributed by atoms with Crippen LogP contribution in [0.2, 0.25) is 0 Å². The van der Waals surface area contributed by atoms with Gasteiger partial charge in [-0.05, 0) is 38.8 Å². The van der Waals surface area contributed by atoms with E-state index in [1.54, 1.807) is 12.3 Å². The van der Waals surface area contributed by atoms with Crippen LogP contribution in [-0.4, -0.2) is 24.6 Å². The third-order valence-electron chi connectivity index (χ3n) is 3.73. The maximum atomic E-state index is 14.4. The van der Waals surface area contributed by atoms with Crippen LogP contribution in [0.4, 0.5) is 10.2 Å². The molecule has 2 heterocycles. The van der Waals surface area contributed by atoms with Crippen LogP contribution in [0.5, 0.6) is 0 Å². The van der Waals surface area contributed by atoms with Crippen LogP contribution in [0.25, 0.3) is 0 Å². The lowest BCUT2D eigenvalue weighted by molar-refractivity contribution is 0.372. The van der Waals surface area contributed by atoms with Crippen LogP contribution < -0.4 is 10.2 Å². The minimum Gasteiger partial charge on any atom is -0.351 e. The SMILES string of the molecule is CNCc1ccnc(N2CCC(C)CC2C)c1F. The van der Waals surface area contributed by atoms with Crippen molar-refractivity contribution in [3.05, 3.63) is 23.6 Å². The number of halogens is 1. The highest BCUT2D eigenvalue weighted by Gasteiger charge is 2.26. The predicted molar refractivity (Wildman–Crippen MR) is 72.2 cm³/mol. The zero-order valence-electron chi connectivity index (χ0n) is 11.4. The number of rotatable bonds is 3. The second kappa shape index (κ2) is 5.65. The highest BCUT2D eigenvalue weighted by atomic mass is 19.1. The van der Waals surface area contributed by atoms with Crippen LogP contribution in [0.1, 0.15) is 32.3 Å². The zero-order chi connectivity index (χ0) is 13.1. The summed E-state index contributed by atoms with van der Waals surface area (Å²) in [5, 5.41) is 2.99. The number of aromatic nitrogens is 1. The molecule has 2 rings (SSSR count). The van der Waals surface area contributed by atoms with E-state index in [2.05, 4.69) is 29.0 Å². The molecule has 18 heavy (non-hydrogen) atoms.